The number of benzene rings is 1. The molecule has 0 atom stereocenters. The van der Waals surface area contributed by atoms with Crippen molar-refractivity contribution in [1.82, 2.24) is 14.6 Å². The molecule has 0 radical (unpaired) electrons. The molecule has 0 aliphatic heterocycles. The minimum absolute atomic E-state index is 0.0540. The van der Waals surface area contributed by atoms with Gasteiger partial charge < -0.3 is 4.42 Å². The maximum Gasteiger partial charge on any atom is 0.325 e. The van der Waals surface area contributed by atoms with E-state index in [0.29, 0.717) is 16.8 Å². The first-order chi connectivity index (χ1) is 14.2. The van der Waals surface area contributed by atoms with Crippen LogP contribution in [0.15, 0.2) is 41.2 Å². The van der Waals surface area contributed by atoms with Gasteiger partial charge in [0.15, 0.2) is 11.8 Å². The van der Waals surface area contributed by atoms with Crippen LogP contribution in [0.3, 0.4) is 0 Å². The van der Waals surface area contributed by atoms with E-state index in [0.717, 1.165) is 53.6 Å². The summed E-state index contributed by atoms with van der Waals surface area (Å²) in [7, 11) is 2.02. The lowest BCUT2D eigenvalue weighted by atomic mass is 9.71. The van der Waals surface area contributed by atoms with E-state index in [1.54, 1.807) is 4.52 Å². The molecule has 3 aromatic heterocycles. The Kier molecular flexibility index (Phi) is 3.36. The second-order valence-electron chi connectivity index (χ2n) is 8.79. The highest BCUT2D eigenvalue weighted by Crippen LogP contribution is 2.43. The second kappa shape index (κ2) is 6.16. The monoisotopic (exact) mass is 377 g/mol. The summed E-state index contributed by atoms with van der Waals surface area (Å²) in [4.78, 5) is 4.07. The van der Waals surface area contributed by atoms with Gasteiger partial charge in [0.05, 0.1) is 5.56 Å². The SMILES string of the molecule is [2H]c1nc2oc3c(-c4cc(C5([2H])CCC(C)(C)CC5)cc[n+]4C)c(C)ccc3n2n1. The van der Waals surface area contributed by atoms with Crippen molar-refractivity contribution >= 4 is 16.9 Å². The first kappa shape index (κ1) is 15.3. The van der Waals surface area contributed by atoms with Gasteiger partial charge in [-0.15, -0.1) is 0 Å². The van der Waals surface area contributed by atoms with E-state index in [-0.39, 0.29) is 6.30 Å². The van der Waals surface area contributed by atoms with Crippen LogP contribution >= 0.6 is 0 Å². The quantitative estimate of drug-likeness (QED) is 0.464. The van der Waals surface area contributed by atoms with Gasteiger partial charge in [-0.05, 0) is 61.1 Å². The molecule has 28 heavy (non-hydrogen) atoms. The predicted octanol–water partition coefficient (Wildman–Crippen LogP) is 4.96. The van der Waals surface area contributed by atoms with E-state index in [1.807, 2.05) is 25.4 Å². The zero-order valence-corrected chi connectivity index (χ0v) is 16.9. The van der Waals surface area contributed by atoms with Crippen LogP contribution in [0.4, 0.5) is 0 Å². The molecule has 0 unspecified atom stereocenters. The van der Waals surface area contributed by atoms with Gasteiger partial charge in [0.1, 0.15) is 20.2 Å². The number of nitrogens with zero attached hydrogens (tertiary/aromatic N) is 4. The minimum atomic E-state index is -0.556. The van der Waals surface area contributed by atoms with E-state index in [9.17, 15) is 1.37 Å². The van der Waals surface area contributed by atoms with E-state index in [4.69, 9.17) is 5.79 Å². The Morgan fingerprint density at radius 2 is 2.07 bits per heavy atom. The van der Waals surface area contributed by atoms with Crippen molar-refractivity contribution in [3.05, 3.63) is 47.9 Å². The van der Waals surface area contributed by atoms with Gasteiger partial charge in [-0.25, -0.2) is 4.57 Å². The van der Waals surface area contributed by atoms with Crippen LogP contribution in [-0.4, -0.2) is 14.6 Å². The molecule has 3 heterocycles. The molecule has 0 saturated heterocycles. The molecule has 1 aliphatic carbocycles. The van der Waals surface area contributed by atoms with Crippen molar-refractivity contribution in [2.24, 2.45) is 12.5 Å². The normalized spacial score (nSPS) is 19.7. The maximum absolute atomic E-state index is 9.19. The molecule has 5 heteroatoms. The van der Waals surface area contributed by atoms with Crippen molar-refractivity contribution in [1.29, 1.82) is 0 Å². The predicted molar refractivity (Wildman–Crippen MR) is 109 cm³/mol. The third kappa shape index (κ3) is 2.72. The molecular weight excluding hydrogens is 348 g/mol. The van der Waals surface area contributed by atoms with Gasteiger partial charge >= 0.3 is 5.84 Å². The maximum atomic E-state index is 9.19. The molecular formula is C23H27N4O+. The van der Waals surface area contributed by atoms with Crippen LogP contribution in [0.2, 0.25) is 0 Å². The summed E-state index contributed by atoms with van der Waals surface area (Å²) in [5.41, 5.74) is 5.96. The Labute approximate surface area is 167 Å². The lowest BCUT2D eigenvalue weighted by molar-refractivity contribution is -0.660. The van der Waals surface area contributed by atoms with E-state index in [2.05, 4.69) is 47.6 Å². The minimum Gasteiger partial charge on any atom is -0.421 e. The number of hydrogen-bond donors (Lipinski definition) is 0. The Morgan fingerprint density at radius 1 is 1.29 bits per heavy atom. The average molecular weight is 378 g/mol. The van der Waals surface area contributed by atoms with E-state index in [1.165, 1.54) is 0 Å². The largest absolute Gasteiger partial charge is 0.421 e. The van der Waals surface area contributed by atoms with Gasteiger partial charge in [0.25, 0.3) is 0 Å². The summed E-state index contributed by atoms with van der Waals surface area (Å²) in [5.74, 6) is -0.230. The fourth-order valence-electron chi connectivity index (χ4n) is 4.33. The van der Waals surface area contributed by atoms with Crippen LogP contribution < -0.4 is 4.57 Å². The first-order valence-corrected chi connectivity index (χ1v) is 9.93. The molecule has 0 spiro atoms. The van der Waals surface area contributed by atoms with Crippen molar-refractivity contribution in [3.63, 3.8) is 0 Å². The highest BCUT2D eigenvalue weighted by Gasteiger charge is 2.29. The van der Waals surface area contributed by atoms with Crippen LogP contribution in [0.5, 0.6) is 0 Å². The van der Waals surface area contributed by atoms with Crippen LogP contribution in [-0.2, 0) is 7.05 Å². The van der Waals surface area contributed by atoms with Gasteiger partial charge in [0, 0.05) is 13.5 Å². The Hall–Kier alpha value is -2.69. The third-order valence-electron chi connectivity index (χ3n) is 6.26. The first-order valence-electron chi connectivity index (χ1n) is 10.9. The van der Waals surface area contributed by atoms with Gasteiger partial charge in [-0.3, -0.25) is 0 Å². The zero-order valence-electron chi connectivity index (χ0n) is 18.9. The van der Waals surface area contributed by atoms with Crippen LogP contribution in [0.1, 0.15) is 59.3 Å². The lowest BCUT2D eigenvalue weighted by Gasteiger charge is -2.34. The number of rotatable bonds is 2. The molecule has 0 bridgehead atoms. The summed E-state index contributed by atoms with van der Waals surface area (Å²) in [6.07, 6.45) is 5.88. The highest BCUT2D eigenvalue weighted by atomic mass is 16.4. The van der Waals surface area contributed by atoms with E-state index >= 15 is 0 Å². The fraction of sp³-hybridized carbons (Fsp3) is 0.435. The van der Waals surface area contributed by atoms with E-state index < -0.39 is 5.89 Å². The molecule has 4 aromatic rings. The topological polar surface area (TPSA) is 47.2 Å². The molecule has 5 nitrogen and oxygen atoms in total. The molecule has 1 fully saturated rings. The molecule has 0 N–H and O–H groups in total. The number of oxazole rings is 1. The molecule has 5 rings (SSSR count). The number of fused-ring (bicyclic) bond motifs is 3. The Bertz CT molecular complexity index is 1280. The van der Waals surface area contributed by atoms with Crippen LogP contribution in [0, 0.1) is 12.3 Å². The smallest absolute Gasteiger partial charge is 0.325 e. The number of hydrogen-bond acceptors (Lipinski definition) is 3. The van der Waals surface area contributed by atoms with Gasteiger partial charge in [-0.1, -0.05) is 19.9 Å². The summed E-state index contributed by atoms with van der Waals surface area (Å²) in [5, 5.41) is 4.15. The summed E-state index contributed by atoms with van der Waals surface area (Å²) in [6.45, 7) is 6.67. The standard InChI is InChI=1S/C23H27N4O/c1-15-5-6-18-21(28-22-24-14-25-27(18)22)20(15)19-13-17(9-12-26(19)4)16-7-10-23(2,3)11-8-16/h5-6,9,12-14,16H,7-8,10-11H2,1-4H3/q+1/i14D,16D. The zero-order chi connectivity index (χ0) is 21.3. The number of pyridine rings is 1. The molecule has 1 saturated carbocycles. The average Bonchev–Trinajstić information content (AvgIpc) is 3.21. The second-order valence-corrected chi connectivity index (χ2v) is 8.79. The van der Waals surface area contributed by atoms with Gasteiger partial charge in [-0.2, -0.15) is 14.6 Å². The molecule has 1 aromatic carbocycles. The molecule has 0 amide bonds. The van der Waals surface area contributed by atoms with Crippen molar-refractivity contribution in [2.75, 3.05) is 0 Å². The summed E-state index contributed by atoms with van der Waals surface area (Å²) in [6, 6.07) is 8.25. The van der Waals surface area contributed by atoms with Gasteiger partial charge in [0.2, 0.25) is 5.69 Å². The van der Waals surface area contributed by atoms with Crippen LogP contribution in [0.25, 0.3) is 28.2 Å². The number of aromatic nitrogens is 4. The lowest BCUT2D eigenvalue weighted by Crippen LogP contribution is -2.31. The van der Waals surface area contributed by atoms with Crippen molar-refractivity contribution in [2.45, 2.75) is 52.3 Å². The Balaban J connectivity index is 1.68. The fourth-order valence-corrected chi connectivity index (χ4v) is 4.33. The summed E-state index contributed by atoms with van der Waals surface area (Å²) >= 11 is 0. The molecule has 1 aliphatic rings. The third-order valence-corrected chi connectivity index (χ3v) is 6.26. The molecule has 144 valence electrons. The highest BCUT2D eigenvalue weighted by molar-refractivity contribution is 5.92. The van der Waals surface area contributed by atoms with Crippen molar-refractivity contribution in [3.8, 4) is 11.3 Å². The number of aryl methyl sites for hydroxylation is 2. The Morgan fingerprint density at radius 3 is 2.86 bits per heavy atom. The van der Waals surface area contributed by atoms with Crippen molar-refractivity contribution < 1.29 is 11.7 Å². The summed E-state index contributed by atoms with van der Waals surface area (Å²) < 4.78 is 26.6.